The van der Waals surface area contributed by atoms with Gasteiger partial charge in [-0.25, -0.2) is 0 Å². The van der Waals surface area contributed by atoms with E-state index in [1.165, 1.54) is 0 Å². The second kappa shape index (κ2) is 2.72. The predicted molar refractivity (Wildman–Crippen MR) is 37.6 cm³/mol. The summed E-state index contributed by atoms with van der Waals surface area (Å²) in [4.78, 5) is 0. The molecule has 0 spiro atoms. The van der Waals surface area contributed by atoms with E-state index in [0.29, 0.717) is 5.15 Å². The molecule has 1 heterocycles. The summed E-state index contributed by atoms with van der Waals surface area (Å²) in [6, 6.07) is 3.70. The van der Waals surface area contributed by atoms with Gasteiger partial charge in [-0.2, -0.15) is 10.4 Å². The second-order valence-electron chi connectivity index (χ2n) is 1.92. The number of nitrogens with zero attached hydrogens (tertiary/aromatic N) is 3. The number of hydrogen-bond acceptors (Lipinski definition) is 2. The largest absolute Gasteiger partial charge is 0.254 e. The Kier molecular flexibility index (Phi) is 1.93. The molecule has 1 aromatic rings. The van der Waals surface area contributed by atoms with Gasteiger partial charge in [-0.3, -0.25) is 4.68 Å². The second-order valence-corrected chi connectivity index (χ2v) is 2.31. The molecule has 0 aromatic carbocycles. The number of halogens is 1. The minimum Gasteiger partial charge on any atom is -0.254 e. The molecule has 0 bridgehead atoms. The molecule has 4 heteroatoms. The summed E-state index contributed by atoms with van der Waals surface area (Å²) in [5, 5.41) is 12.6. The highest BCUT2D eigenvalue weighted by Crippen LogP contribution is 2.07. The van der Waals surface area contributed by atoms with Crippen LogP contribution in [0.15, 0.2) is 6.07 Å². The molecule has 0 unspecified atom stereocenters. The lowest BCUT2D eigenvalue weighted by Crippen LogP contribution is -1.99. The fourth-order valence-corrected chi connectivity index (χ4v) is 0.946. The molecule has 1 aromatic heterocycles. The first-order valence-electron chi connectivity index (χ1n) is 2.81. The van der Waals surface area contributed by atoms with Crippen molar-refractivity contribution in [3.8, 4) is 6.07 Å². The van der Waals surface area contributed by atoms with E-state index in [-0.39, 0.29) is 6.54 Å². The van der Waals surface area contributed by atoms with Gasteiger partial charge in [0.25, 0.3) is 0 Å². The first kappa shape index (κ1) is 7.10. The zero-order valence-electron chi connectivity index (χ0n) is 5.50. The van der Waals surface area contributed by atoms with E-state index in [1.807, 2.05) is 13.0 Å². The lowest BCUT2D eigenvalue weighted by Gasteiger charge is -1.93. The fraction of sp³-hybridized carbons (Fsp3) is 0.333. The normalized spacial score (nSPS) is 9.30. The van der Waals surface area contributed by atoms with Crippen molar-refractivity contribution in [2.45, 2.75) is 13.5 Å². The molecule has 1 rings (SSSR count). The third-order valence-electron chi connectivity index (χ3n) is 1.17. The zero-order valence-corrected chi connectivity index (χ0v) is 6.26. The van der Waals surface area contributed by atoms with Gasteiger partial charge in [-0.05, 0) is 13.0 Å². The van der Waals surface area contributed by atoms with Gasteiger partial charge in [0.1, 0.15) is 6.54 Å². The van der Waals surface area contributed by atoms with Gasteiger partial charge in [0.2, 0.25) is 0 Å². The van der Waals surface area contributed by atoms with Crippen LogP contribution in [0.1, 0.15) is 5.69 Å². The first-order chi connectivity index (χ1) is 4.74. The van der Waals surface area contributed by atoms with Gasteiger partial charge >= 0.3 is 0 Å². The highest BCUT2D eigenvalue weighted by molar-refractivity contribution is 6.29. The maximum atomic E-state index is 8.30. The highest BCUT2D eigenvalue weighted by atomic mass is 35.5. The van der Waals surface area contributed by atoms with Crippen LogP contribution < -0.4 is 0 Å². The monoisotopic (exact) mass is 155 g/mol. The molecule has 0 N–H and O–H groups in total. The van der Waals surface area contributed by atoms with E-state index in [9.17, 15) is 0 Å². The number of aryl methyl sites for hydroxylation is 1. The van der Waals surface area contributed by atoms with Crippen molar-refractivity contribution in [1.82, 2.24) is 9.78 Å². The van der Waals surface area contributed by atoms with Crippen LogP contribution in [0, 0.1) is 18.3 Å². The molecule has 0 radical (unpaired) electrons. The van der Waals surface area contributed by atoms with Crippen molar-refractivity contribution in [2.24, 2.45) is 0 Å². The Morgan fingerprint density at radius 1 is 1.90 bits per heavy atom. The first-order valence-corrected chi connectivity index (χ1v) is 3.18. The van der Waals surface area contributed by atoms with Crippen LogP contribution >= 0.6 is 11.6 Å². The summed E-state index contributed by atoms with van der Waals surface area (Å²) in [7, 11) is 0. The molecule has 0 fully saturated rings. The summed E-state index contributed by atoms with van der Waals surface area (Å²) < 4.78 is 1.56. The standard InChI is InChI=1S/C6H6ClN3/c1-5-4-6(7)9-10(5)3-2-8/h4H,3H2,1H3. The molecule has 10 heavy (non-hydrogen) atoms. The van der Waals surface area contributed by atoms with Crippen LogP contribution in [-0.4, -0.2) is 9.78 Å². The van der Waals surface area contributed by atoms with Gasteiger partial charge in [-0.1, -0.05) is 11.6 Å². The average molecular weight is 156 g/mol. The third kappa shape index (κ3) is 1.28. The van der Waals surface area contributed by atoms with Crippen LogP contribution in [0.5, 0.6) is 0 Å². The van der Waals surface area contributed by atoms with Gasteiger partial charge in [0.15, 0.2) is 5.15 Å². The molecular weight excluding hydrogens is 150 g/mol. The Balaban J connectivity index is 2.94. The van der Waals surface area contributed by atoms with Crippen molar-refractivity contribution < 1.29 is 0 Å². The Morgan fingerprint density at radius 3 is 3.00 bits per heavy atom. The zero-order chi connectivity index (χ0) is 7.56. The Morgan fingerprint density at radius 2 is 2.60 bits per heavy atom. The highest BCUT2D eigenvalue weighted by Gasteiger charge is 1.98. The van der Waals surface area contributed by atoms with E-state index in [1.54, 1.807) is 10.7 Å². The van der Waals surface area contributed by atoms with Gasteiger partial charge in [0.05, 0.1) is 6.07 Å². The van der Waals surface area contributed by atoms with Gasteiger partial charge < -0.3 is 0 Å². The minimum absolute atomic E-state index is 0.262. The smallest absolute Gasteiger partial charge is 0.151 e. The Hall–Kier alpha value is -1.01. The van der Waals surface area contributed by atoms with Crippen molar-refractivity contribution in [1.29, 1.82) is 5.26 Å². The van der Waals surface area contributed by atoms with Crippen LogP contribution in [0.25, 0.3) is 0 Å². The molecule has 0 aliphatic carbocycles. The van der Waals surface area contributed by atoms with E-state index in [2.05, 4.69) is 5.10 Å². The van der Waals surface area contributed by atoms with E-state index < -0.39 is 0 Å². The lowest BCUT2D eigenvalue weighted by molar-refractivity contribution is 0.687. The molecule has 52 valence electrons. The average Bonchev–Trinajstić information content (AvgIpc) is 2.13. The Labute approximate surface area is 63.8 Å². The van der Waals surface area contributed by atoms with Gasteiger partial charge in [-0.15, -0.1) is 0 Å². The van der Waals surface area contributed by atoms with Crippen LogP contribution in [-0.2, 0) is 6.54 Å². The minimum atomic E-state index is 0.262. The molecule has 0 saturated carbocycles. The fourth-order valence-electron chi connectivity index (χ4n) is 0.697. The molecule has 3 nitrogen and oxygen atoms in total. The van der Waals surface area contributed by atoms with Crippen LogP contribution in [0.2, 0.25) is 5.15 Å². The molecule has 0 amide bonds. The van der Waals surface area contributed by atoms with Crippen LogP contribution in [0.4, 0.5) is 0 Å². The molecular formula is C6H6ClN3. The van der Waals surface area contributed by atoms with E-state index in [0.717, 1.165) is 5.69 Å². The van der Waals surface area contributed by atoms with Crippen molar-refractivity contribution >= 4 is 11.6 Å². The maximum Gasteiger partial charge on any atom is 0.151 e. The maximum absolute atomic E-state index is 8.30. The van der Waals surface area contributed by atoms with Crippen molar-refractivity contribution in [2.75, 3.05) is 0 Å². The summed E-state index contributed by atoms with van der Waals surface area (Å²) in [6.07, 6.45) is 0. The number of rotatable bonds is 1. The Bertz CT molecular complexity index is 271. The molecule has 0 atom stereocenters. The third-order valence-corrected chi connectivity index (χ3v) is 1.36. The van der Waals surface area contributed by atoms with E-state index >= 15 is 0 Å². The van der Waals surface area contributed by atoms with Crippen molar-refractivity contribution in [3.63, 3.8) is 0 Å². The molecule has 0 aliphatic heterocycles. The number of aromatic nitrogens is 2. The quantitative estimate of drug-likeness (QED) is 0.615. The summed E-state index contributed by atoms with van der Waals surface area (Å²) in [5.74, 6) is 0. The lowest BCUT2D eigenvalue weighted by atomic mass is 10.5. The topological polar surface area (TPSA) is 41.6 Å². The number of hydrogen-bond donors (Lipinski definition) is 0. The summed E-state index contributed by atoms with van der Waals surface area (Å²) in [5.41, 5.74) is 0.909. The van der Waals surface area contributed by atoms with E-state index in [4.69, 9.17) is 16.9 Å². The molecule has 0 saturated heterocycles. The summed E-state index contributed by atoms with van der Waals surface area (Å²) in [6.45, 7) is 2.12. The van der Waals surface area contributed by atoms with Crippen molar-refractivity contribution in [3.05, 3.63) is 16.9 Å². The van der Waals surface area contributed by atoms with Crippen LogP contribution in [0.3, 0.4) is 0 Å². The number of nitriles is 1. The van der Waals surface area contributed by atoms with Gasteiger partial charge in [0, 0.05) is 5.69 Å². The SMILES string of the molecule is Cc1cc(Cl)nn1CC#N. The molecule has 0 aliphatic rings. The summed E-state index contributed by atoms with van der Waals surface area (Å²) >= 11 is 5.56. The predicted octanol–water partition coefficient (Wildman–Crippen LogP) is 1.37.